The number of hydrogen-bond acceptors (Lipinski definition) is 3. The SMILES string of the molecule is C[C@H](c1cccs1)N1CCC[C@H](C(=O)O)C1. The molecule has 2 atom stereocenters. The average molecular weight is 239 g/mol. The van der Waals surface area contributed by atoms with E-state index in [1.165, 1.54) is 4.88 Å². The predicted molar refractivity (Wildman–Crippen MR) is 64.7 cm³/mol. The zero-order valence-corrected chi connectivity index (χ0v) is 10.2. The van der Waals surface area contributed by atoms with Crippen LogP contribution in [0.2, 0.25) is 0 Å². The van der Waals surface area contributed by atoms with E-state index in [-0.39, 0.29) is 5.92 Å². The lowest BCUT2D eigenvalue weighted by atomic mass is 9.97. The Labute approximate surface area is 99.7 Å². The molecule has 0 unspecified atom stereocenters. The highest BCUT2D eigenvalue weighted by Crippen LogP contribution is 2.29. The molecule has 0 spiro atoms. The van der Waals surface area contributed by atoms with Crippen LogP contribution in [0.5, 0.6) is 0 Å². The van der Waals surface area contributed by atoms with Crippen LogP contribution in [0.1, 0.15) is 30.7 Å². The fourth-order valence-corrected chi connectivity index (χ4v) is 3.09. The smallest absolute Gasteiger partial charge is 0.307 e. The van der Waals surface area contributed by atoms with Crippen LogP contribution < -0.4 is 0 Å². The maximum absolute atomic E-state index is 11.0. The minimum atomic E-state index is -0.650. The highest BCUT2D eigenvalue weighted by Gasteiger charge is 2.28. The number of thiophene rings is 1. The number of carboxylic acid groups (broad SMARTS) is 1. The summed E-state index contributed by atoms with van der Waals surface area (Å²) >= 11 is 1.75. The summed E-state index contributed by atoms with van der Waals surface area (Å²) in [6.07, 6.45) is 1.82. The summed E-state index contributed by atoms with van der Waals surface area (Å²) < 4.78 is 0. The summed E-state index contributed by atoms with van der Waals surface area (Å²) in [5.41, 5.74) is 0. The molecule has 1 fully saturated rings. The van der Waals surface area contributed by atoms with E-state index in [0.29, 0.717) is 12.6 Å². The first-order valence-corrected chi connectivity index (χ1v) is 6.56. The summed E-state index contributed by atoms with van der Waals surface area (Å²) in [6.45, 7) is 3.87. The number of nitrogens with zero attached hydrogens (tertiary/aromatic N) is 1. The standard InChI is InChI=1S/C12H17NO2S/c1-9(11-5-3-7-16-11)13-6-2-4-10(8-13)12(14)15/h3,5,7,9-10H,2,4,6,8H2,1H3,(H,14,15)/t9-,10+/m1/s1. The van der Waals surface area contributed by atoms with Crippen molar-refractivity contribution in [3.63, 3.8) is 0 Å². The molecule has 0 amide bonds. The lowest BCUT2D eigenvalue weighted by Crippen LogP contribution is -2.39. The number of carboxylic acids is 1. The van der Waals surface area contributed by atoms with Gasteiger partial charge < -0.3 is 5.11 Å². The molecular formula is C12H17NO2S. The second kappa shape index (κ2) is 4.97. The monoisotopic (exact) mass is 239 g/mol. The van der Waals surface area contributed by atoms with Crippen molar-refractivity contribution in [2.75, 3.05) is 13.1 Å². The van der Waals surface area contributed by atoms with Crippen molar-refractivity contribution >= 4 is 17.3 Å². The van der Waals surface area contributed by atoms with Crippen LogP contribution in [-0.2, 0) is 4.79 Å². The maximum Gasteiger partial charge on any atom is 0.307 e. The van der Waals surface area contributed by atoms with Gasteiger partial charge >= 0.3 is 5.97 Å². The molecule has 1 saturated heterocycles. The number of aliphatic carboxylic acids is 1. The molecule has 0 radical (unpaired) electrons. The van der Waals surface area contributed by atoms with Gasteiger partial charge in [-0.15, -0.1) is 11.3 Å². The van der Waals surface area contributed by atoms with E-state index in [9.17, 15) is 4.79 Å². The summed E-state index contributed by atoms with van der Waals surface area (Å²) in [6, 6.07) is 4.52. The Balaban J connectivity index is 2.01. The molecule has 3 nitrogen and oxygen atoms in total. The minimum Gasteiger partial charge on any atom is -0.481 e. The van der Waals surface area contributed by atoms with E-state index in [2.05, 4.69) is 29.3 Å². The predicted octanol–water partition coefficient (Wildman–Crippen LogP) is 2.61. The van der Waals surface area contributed by atoms with E-state index in [1.807, 2.05) is 0 Å². The molecule has 2 rings (SSSR count). The average Bonchev–Trinajstić information content (AvgIpc) is 2.81. The molecule has 1 N–H and O–H groups in total. The van der Waals surface area contributed by atoms with Crippen molar-refractivity contribution in [3.8, 4) is 0 Å². The minimum absolute atomic E-state index is 0.184. The van der Waals surface area contributed by atoms with Crippen LogP contribution in [0.4, 0.5) is 0 Å². The Morgan fingerprint density at radius 3 is 3.12 bits per heavy atom. The lowest BCUT2D eigenvalue weighted by Gasteiger charge is -2.34. The van der Waals surface area contributed by atoms with Gasteiger partial charge in [-0.1, -0.05) is 6.07 Å². The molecule has 0 saturated carbocycles. The fourth-order valence-electron chi connectivity index (χ4n) is 2.27. The third-order valence-corrected chi connectivity index (χ3v) is 4.35. The van der Waals surface area contributed by atoms with Gasteiger partial charge in [0.15, 0.2) is 0 Å². The van der Waals surface area contributed by atoms with Gasteiger partial charge in [-0.25, -0.2) is 0 Å². The topological polar surface area (TPSA) is 40.5 Å². The maximum atomic E-state index is 11.0. The highest BCUT2D eigenvalue weighted by atomic mass is 32.1. The molecule has 1 aromatic heterocycles. The number of hydrogen-bond donors (Lipinski definition) is 1. The molecule has 0 aromatic carbocycles. The second-order valence-electron chi connectivity index (χ2n) is 4.36. The van der Waals surface area contributed by atoms with Crippen molar-refractivity contribution in [2.45, 2.75) is 25.8 Å². The van der Waals surface area contributed by atoms with Crippen molar-refractivity contribution < 1.29 is 9.90 Å². The molecule has 0 aliphatic carbocycles. The first-order chi connectivity index (χ1) is 7.68. The van der Waals surface area contributed by atoms with Crippen molar-refractivity contribution in [3.05, 3.63) is 22.4 Å². The van der Waals surface area contributed by atoms with E-state index in [4.69, 9.17) is 5.11 Å². The molecule has 16 heavy (non-hydrogen) atoms. The fraction of sp³-hybridized carbons (Fsp3) is 0.583. The van der Waals surface area contributed by atoms with Crippen molar-refractivity contribution in [2.24, 2.45) is 5.92 Å². The van der Waals surface area contributed by atoms with Gasteiger partial charge in [-0.05, 0) is 37.8 Å². The normalized spacial score (nSPS) is 24.2. The Kier molecular flexibility index (Phi) is 3.61. The van der Waals surface area contributed by atoms with Gasteiger partial charge in [-0.3, -0.25) is 9.69 Å². The largest absolute Gasteiger partial charge is 0.481 e. The number of carbonyl (C=O) groups is 1. The van der Waals surface area contributed by atoms with Crippen LogP contribution in [-0.4, -0.2) is 29.1 Å². The van der Waals surface area contributed by atoms with E-state index in [1.54, 1.807) is 11.3 Å². The summed E-state index contributed by atoms with van der Waals surface area (Å²) in [7, 11) is 0. The zero-order valence-electron chi connectivity index (χ0n) is 9.43. The number of rotatable bonds is 3. The van der Waals surface area contributed by atoms with Gasteiger partial charge in [0.05, 0.1) is 5.92 Å². The Bertz CT molecular complexity index is 350. The summed E-state index contributed by atoms with van der Waals surface area (Å²) in [5, 5.41) is 11.1. The van der Waals surface area contributed by atoms with Gasteiger partial charge in [-0.2, -0.15) is 0 Å². The quantitative estimate of drug-likeness (QED) is 0.881. The Morgan fingerprint density at radius 2 is 2.50 bits per heavy atom. The Morgan fingerprint density at radius 1 is 1.69 bits per heavy atom. The van der Waals surface area contributed by atoms with E-state index >= 15 is 0 Å². The molecular weight excluding hydrogens is 222 g/mol. The second-order valence-corrected chi connectivity index (χ2v) is 5.34. The van der Waals surface area contributed by atoms with E-state index < -0.39 is 5.97 Å². The third kappa shape index (κ3) is 2.44. The molecule has 1 aliphatic rings. The third-order valence-electron chi connectivity index (χ3n) is 3.30. The molecule has 88 valence electrons. The lowest BCUT2D eigenvalue weighted by molar-refractivity contribution is -0.143. The zero-order chi connectivity index (χ0) is 11.5. The van der Waals surface area contributed by atoms with Gasteiger partial charge in [0.1, 0.15) is 0 Å². The number of likely N-dealkylation sites (tertiary alicyclic amines) is 1. The van der Waals surface area contributed by atoms with Gasteiger partial charge in [0.2, 0.25) is 0 Å². The number of piperidine rings is 1. The summed E-state index contributed by atoms with van der Waals surface area (Å²) in [5.74, 6) is -0.834. The van der Waals surface area contributed by atoms with Crippen molar-refractivity contribution in [1.29, 1.82) is 0 Å². The highest BCUT2D eigenvalue weighted by molar-refractivity contribution is 7.10. The van der Waals surface area contributed by atoms with Crippen LogP contribution in [0.15, 0.2) is 17.5 Å². The molecule has 0 bridgehead atoms. The van der Waals surface area contributed by atoms with Crippen LogP contribution in [0, 0.1) is 5.92 Å². The van der Waals surface area contributed by atoms with Crippen LogP contribution in [0.3, 0.4) is 0 Å². The molecule has 2 heterocycles. The van der Waals surface area contributed by atoms with Crippen LogP contribution in [0.25, 0.3) is 0 Å². The van der Waals surface area contributed by atoms with Gasteiger partial charge in [0, 0.05) is 17.5 Å². The van der Waals surface area contributed by atoms with E-state index in [0.717, 1.165) is 19.4 Å². The molecule has 4 heteroatoms. The van der Waals surface area contributed by atoms with Gasteiger partial charge in [0.25, 0.3) is 0 Å². The first-order valence-electron chi connectivity index (χ1n) is 5.68. The Hall–Kier alpha value is -0.870. The van der Waals surface area contributed by atoms with Crippen LogP contribution >= 0.6 is 11.3 Å². The summed E-state index contributed by atoms with van der Waals surface area (Å²) in [4.78, 5) is 14.6. The van der Waals surface area contributed by atoms with Crippen molar-refractivity contribution in [1.82, 2.24) is 4.90 Å². The molecule has 1 aromatic rings. The first kappa shape index (κ1) is 11.6. The molecule has 1 aliphatic heterocycles.